The van der Waals surface area contributed by atoms with Gasteiger partial charge in [0.15, 0.2) is 5.82 Å². The van der Waals surface area contributed by atoms with E-state index in [1.165, 1.54) is 21.7 Å². The summed E-state index contributed by atoms with van der Waals surface area (Å²) < 4.78 is 9.02. The minimum absolute atomic E-state index is 0.725. The van der Waals surface area contributed by atoms with Crippen LogP contribution in [0.5, 0.6) is 11.5 Å². The average molecular weight is 616 g/mol. The zero-order valence-electron chi connectivity index (χ0n) is 26.1. The number of aromatic nitrogens is 3. The Hall–Kier alpha value is -6.26. The topological polar surface area (TPSA) is 39.9 Å². The Labute approximate surface area is 277 Å². The van der Waals surface area contributed by atoms with Crippen LogP contribution < -0.4 is 4.74 Å². The molecule has 8 aromatic rings. The lowest BCUT2D eigenvalue weighted by Gasteiger charge is -2.23. The Kier molecular flexibility index (Phi) is 5.97. The molecule has 2 aromatic heterocycles. The summed E-state index contributed by atoms with van der Waals surface area (Å²) in [5, 5.41) is 4.73. The second-order valence-corrected chi connectivity index (χ2v) is 12.5. The van der Waals surface area contributed by atoms with Gasteiger partial charge in [0.1, 0.15) is 11.5 Å². The third-order valence-corrected chi connectivity index (χ3v) is 9.60. The molecule has 1 aliphatic carbocycles. The van der Waals surface area contributed by atoms with Gasteiger partial charge in [-0.2, -0.15) is 0 Å². The van der Waals surface area contributed by atoms with Crippen LogP contribution in [0.3, 0.4) is 0 Å². The van der Waals surface area contributed by atoms with Crippen molar-refractivity contribution in [2.45, 2.75) is 12.8 Å². The zero-order valence-corrected chi connectivity index (χ0v) is 26.1. The molecule has 0 N–H and O–H groups in total. The van der Waals surface area contributed by atoms with Gasteiger partial charge < -0.3 is 9.30 Å². The van der Waals surface area contributed by atoms with E-state index in [1.54, 1.807) is 0 Å². The molecule has 0 saturated heterocycles. The Morgan fingerprint density at radius 2 is 1.42 bits per heavy atom. The Morgan fingerprint density at radius 3 is 2.31 bits per heavy atom. The maximum atomic E-state index is 6.62. The number of ether oxygens (including phenoxy) is 1. The van der Waals surface area contributed by atoms with Gasteiger partial charge in [0.2, 0.25) is 0 Å². The number of nitrogens with zero attached hydrogens (tertiary/aromatic N) is 3. The minimum atomic E-state index is 0.725. The molecule has 3 heterocycles. The first-order valence-corrected chi connectivity index (χ1v) is 16.5. The Morgan fingerprint density at radius 1 is 0.604 bits per heavy atom. The van der Waals surface area contributed by atoms with E-state index in [0.717, 1.165) is 85.9 Å². The molecule has 48 heavy (non-hydrogen) atoms. The maximum absolute atomic E-state index is 6.62. The first-order chi connectivity index (χ1) is 23.8. The molecule has 226 valence electrons. The van der Waals surface area contributed by atoms with E-state index in [9.17, 15) is 0 Å². The summed E-state index contributed by atoms with van der Waals surface area (Å²) >= 11 is 0. The van der Waals surface area contributed by atoms with Crippen molar-refractivity contribution >= 4 is 38.2 Å². The number of benzene rings is 6. The summed E-state index contributed by atoms with van der Waals surface area (Å²) in [4.78, 5) is 10.2. The molecule has 4 heteroatoms. The molecule has 10 rings (SSSR count). The van der Waals surface area contributed by atoms with Crippen molar-refractivity contribution in [2.75, 3.05) is 0 Å². The van der Waals surface area contributed by atoms with Crippen LogP contribution in [0.4, 0.5) is 0 Å². The molecule has 0 atom stereocenters. The van der Waals surface area contributed by atoms with E-state index in [4.69, 9.17) is 14.7 Å². The first-order valence-electron chi connectivity index (χ1n) is 16.5. The van der Waals surface area contributed by atoms with Crippen molar-refractivity contribution in [1.29, 1.82) is 0 Å². The molecule has 2 aliphatic rings. The minimum Gasteiger partial charge on any atom is -0.456 e. The summed E-state index contributed by atoms with van der Waals surface area (Å²) in [5.74, 6) is 2.50. The fraction of sp³-hybridized carbons (Fsp3) is 0.0455. The van der Waals surface area contributed by atoms with E-state index >= 15 is 0 Å². The van der Waals surface area contributed by atoms with E-state index in [-0.39, 0.29) is 0 Å². The first kappa shape index (κ1) is 26.9. The molecule has 6 aromatic carbocycles. The van der Waals surface area contributed by atoms with Crippen molar-refractivity contribution in [3.05, 3.63) is 157 Å². The Bertz CT molecular complexity index is 2640. The maximum Gasteiger partial charge on any atom is 0.160 e. The third-order valence-electron chi connectivity index (χ3n) is 9.60. The lowest BCUT2D eigenvalue weighted by Crippen LogP contribution is -2.02. The molecule has 0 bridgehead atoms. The highest BCUT2D eigenvalue weighted by atomic mass is 16.5. The van der Waals surface area contributed by atoms with E-state index in [1.807, 2.05) is 18.2 Å². The third kappa shape index (κ3) is 4.16. The fourth-order valence-corrected chi connectivity index (χ4v) is 7.44. The Balaban J connectivity index is 1.22. The monoisotopic (exact) mass is 615 g/mol. The van der Waals surface area contributed by atoms with Crippen LogP contribution in [-0.2, 0) is 0 Å². The smallest absolute Gasteiger partial charge is 0.160 e. The summed E-state index contributed by atoms with van der Waals surface area (Å²) in [6.45, 7) is 0. The number of hydrogen-bond acceptors (Lipinski definition) is 3. The van der Waals surface area contributed by atoms with Crippen LogP contribution in [0.15, 0.2) is 152 Å². The van der Waals surface area contributed by atoms with E-state index in [2.05, 4.69) is 138 Å². The van der Waals surface area contributed by atoms with Gasteiger partial charge in [0.25, 0.3) is 0 Å². The number of rotatable bonds is 4. The molecule has 0 amide bonds. The van der Waals surface area contributed by atoms with Gasteiger partial charge >= 0.3 is 0 Å². The van der Waals surface area contributed by atoms with Gasteiger partial charge in [-0.15, -0.1) is 0 Å². The van der Waals surface area contributed by atoms with Crippen molar-refractivity contribution in [2.24, 2.45) is 0 Å². The molecule has 0 radical (unpaired) electrons. The summed E-state index contributed by atoms with van der Waals surface area (Å²) in [6, 6.07) is 47.0. The van der Waals surface area contributed by atoms with Crippen LogP contribution in [-0.4, -0.2) is 14.5 Å². The lowest BCUT2D eigenvalue weighted by atomic mass is 9.93. The van der Waals surface area contributed by atoms with Crippen LogP contribution in [0.1, 0.15) is 18.5 Å². The summed E-state index contributed by atoms with van der Waals surface area (Å²) in [5.41, 5.74) is 10.7. The molecule has 4 nitrogen and oxygen atoms in total. The van der Waals surface area contributed by atoms with Crippen LogP contribution in [0.25, 0.3) is 77.6 Å². The van der Waals surface area contributed by atoms with Crippen LogP contribution >= 0.6 is 0 Å². The molecule has 1 aliphatic heterocycles. The normalized spacial score (nSPS) is 13.5. The molecular weight excluding hydrogens is 587 g/mol. The highest BCUT2D eigenvalue weighted by Crippen LogP contribution is 2.51. The second kappa shape index (κ2) is 10.6. The van der Waals surface area contributed by atoms with Crippen molar-refractivity contribution in [3.8, 4) is 51.0 Å². The average Bonchev–Trinajstić information content (AvgIpc) is 3.50. The zero-order chi connectivity index (χ0) is 31.6. The van der Waals surface area contributed by atoms with Crippen LogP contribution in [0, 0.1) is 0 Å². The van der Waals surface area contributed by atoms with Gasteiger partial charge in [0.05, 0.1) is 22.4 Å². The van der Waals surface area contributed by atoms with E-state index < -0.39 is 0 Å². The van der Waals surface area contributed by atoms with Crippen LogP contribution in [0.2, 0.25) is 0 Å². The molecule has 0 fully saturated rings. The van der Waals surface area contributed by atoms with Gasteiger partial charge in [-0.25, -0.2) is 9.97 Å². The molecule has 0 saturated carbocycles. The number of hydrogen-bond donors (Lipinski definition) is 0. The molecule has 0 spiro atoms. The standard InChI is InChI=1S/C44H29N3O/c1-3-12-28(13-4-1)36-27-37(46-44(45-36)30-14-5-2-6-15-30)31-18-9-19-32(26-31)47-38-22-8-7-20-33(38)34-24-25-40-42(43(34)47)35-21-10-16-29-17-11-23-39(48-40)41(29)35/h2-3,5-27H,1,4H2. The lowest BCUT2D eigenvalue weighted by molar-refractivity contribution is 0.487. The highest BCUT2D eigenvalue weighted by Gasteiger charge is 2.26. The SMILES string of the molecule is C1=CC(c2cc(-c3cccc(-n4c5ccccc5c5ccc6c(c54)-c4cccc5cccc(c45)O6)c3)nc(-c3ccccc3)n2)=CCC1. The van der Waals surface area contributed by atoms with Gasteiger partial charge in [-0.05, 0) is 71.8 Å². The molecule has 0 unspecified atom stereocenters. The predicted octanol–water partition coefficient (Wildman–Crippen LogP) is 11.6. The van der Waals surface area contributed by atoms with Crippen molar-refractivity contribution in [1.82, 2.24) is 14.5 Å². The molecular formula is C44H29N3O. The highest BCUT2D eigenvalue weighted by molar-refractivity contribution is 6.18. The summed E-state index contributed by atoms with van der Waals surface area (Å²) in [6.07, 6.45) is 8.76. The second-order valence-electron chi connectivity index (χ2n) is 12.5. The van der Waals surface area contributed by atoms with Crippen molar-refractivity contribution < 1.29 is 4.74 Å². The van der Waals surface area contributed by atoms with Gasteiger partial charge in [0, 0.05) is 38.5 Å². The van der Waals surface area contributed by atoms with Gasteiger partial charge in [-0.1, -0.05) is 109 Å². The van der Waals surface area contributed by atoms with E-state index in [0.29, 0.717) is 0 Å². The largest absolute Gasteiger partial charge is 0.456 e. The number of allylic oxidation sites excluding steroid dienone is 4. The predicted molar refractivity (Wildman–Crippen MR) is 197 cm³/mol. The number of fused-ring (bicyclic) bond motifs is 6. The fourth-order valence-electron chi connectivity index (χ4n) is 7.44. The van der Waals surface area contributed by atoms with Crippen molar-refractivity contribution in [3.63, 3.8) is 0 Å². The van der Waals surface area contributed by atoms with Gasteiger partial charge in [-0.3, -0.25) is 0 Å². The number of para-hydroxylation sites is 1. The summed E-state index contributed by atoms with van der Waals surface area (Å²) in [7, 11) is 0. The quantitative estimate of drug-likeness (QED) is 0.198.